The third-order valence-electron chi connectivity index (χ3n) is 2.48. The van der Waals surface area contributed by atoms with E-state index in [1.165, 1.54) is 0 Å². The molecule has 2 N–H and O–H groups in total. The summed E-state index contributed by atoms with van der Waals surface area (Å²) in [6, 6.07) is 5.22. The predicted molar refractivity (Wildman–Crippen MR) is 69.7 cm³/mol. The number of nitrogens with one attached hydrogen (secondary N) is 2. The van der Waals surface area contributed by atoms with Gasteiger partial charge in [-0.1, -0.05) is 12.1 Å². The highest BCUT2D eigenvalue weighted by molar-refractivity contribution is 6.03. The van der Waals surface area contributed by atoms with E-state index in [2.05, 4.69) is 15.5 Å². The number of H-pyrrole nitrogens is 1. The Hall–Kier alpha value is -2.37. The van der Waals surface area contributed by atoms with Gasteiger partial charge < -0.3 is 10.1 Å². The molecule has 0 saturated carbocycles. The summed E-state index contributed by atoms with van der Waals surface area (Å²) in [5, 5.41) is 10.1. The number of carbonyl (C=O) groups excluding carboxylic acids is 2. The third kappa shape index (κ3) is 3.09. The summed E-state index contributed by atoms with van der Waals surface area (Å²) in [4.78, 5) is 23.3. The van der Waals surface area contributed by atoms with Crippen molar-refractivity contribution in [1.29, 1.82) is 0 Å². The number of nitrogens with zero attached hydrogens (tertiary/aromatic N) is 1. The molecule has 6 nitrogen and oxygen atoms in total. The van der Waals surface area contributed by atoms with Gasteiger partial charge in [-0.3, -0.25) is 9.89 Å². The second-order valence-electron chi connectivity index (χ2n) is 4.44. The van der Waals surface area contributed by atoms with Crippen molar-refractivity contribution < 1.29 is 14.3 Å². The molecule has 0 aliphatic carbocycles. The molecule has 0 aliphatic rings. The van der Waals surface area contributed by atoms with E-state index >= 15 is 0 Å². The molecule has 0 saturated heterocycles. The Balaban J connectivity index is 2.04. The number of aromatic nitrogens is 2. The van der Waals surface area contributed by atoms with Crippen molar-refractivity contribution in [2.24, 2.45) is 0 Å². The molecule has 0 aliphatic heterocycles. The van der Waals surface area contributed by atoms with E-state index in [4.69, 9.17) is 4.74 Å². The molecule has 0 fully saturated rings. The number of hydrogen-bond acceptors (Lipinski definition) is 4. The average Bonchev–Trinajstić information content (AvgIpc) is 2.83. The fraction of sp³-hybridized carbons (Fsp3) is 0.308. The van der Waals surface area contributed by atoms with Crippen LogP contribution in [-0.4, -0.2) is 34.7 Å². The van der Waals surface area contributed by atoms with Crippen LogP contribution in [0.4, 0.5) is 0 Å². The van der Waals surface area contributed by atoms with Gasteiger partial charge in [-0.05, 0) is 19.9 Å². The second kappa shape index (κ2) is 5.51. The number of hydrogen-bond donors (Lipinski definition) is 2. The van der Waals surface area contributed by atoms with E-state index in [0.29, 0.717) is 11.1 Å². The van der Waals surface area contributed by atoms with Crippen molar-refractivity contribution in [2.75, 3.05) is 6.61 Å². The summed E-state index contributed by atoms with van der Waals surface area (Å²) in [7, 11) is 0. The summed E-state index contributed by atoms with van der Waals surface area (Å²) in [6.45, 7) is 3.39. The number of para-hydroxylation sites is 1. The molecule has 0 unspecified atom stereocenters. The van der Waals surface area contributed by atoms with Crippen molar-refractivity contribution in [1.82, 2.24) is 15.5 Å². The maximum absolute atomic E-state index is 11.9. The molecule has 2 rings (SSSR count). The fourth-order valence-corrected chi connectivity index (χ4v) is 1.71. The summed E-state index contributed by atoms with van der Waals surface area (Å²) in [6.07, 6.45) is 1.62. The zero-order valence-corrected chi connectivity index (χ0v) is 10.8. The number of benzene rings is 1. The predicted octanol–water partition coefficient (Wildman–Crippen LogP) is 1.24. The lowest BCUT2D eigenvalue weighted by Crippen LogP contribution is -2.34. The van der Waals surface area contributed by atoms with E-state index in [9.17, 15) is 9.59 Å². The Morgan fingerprint density at radius 1 is 1.42 bits per heavy atom. The summed E-state index contributed by atoms with van der Waals surface area (Å²) in [5.41, 5.74) is 0.976. The Labute approximate surface area is 110 Å². The van der Waals surface area contributed by atoms with Gasteiger partial charge in [0.25, 0.3) is 5.91 Å². The van der Waals surface area contributed by atoms with Crippen molar-refractivity contribution >= 4 is 22.8 Å². The second-order valence-corrected chi connectivity index (χ2v) is 4.44. The molecule has 1 aromatic carbocycles. The SMILES string of the molecule is CC(C)NC(=O)COC(=O)c1cccc2cn[nH]c12. The molecule has 19 heavy (non-hydrogen) atoms. The lowest BCUT2D eigenvalue weighted by Gasteiger charge is -2.09. The minimum atomic E-state index is -0.547. The molecule has 0 bridgehead atoms. The van der Waals surface area contributed by atoms with Crippen molar-refractivity contribution in [3.05, 3.63) is 30.0 Å². The van der Waals surface area contributed by atoms with Crippen LogP contribution in [-0.2, 0) is 9.53 Å². The quantitative estimate of drug-likeness (QED) is 0.811. The van der Waals surface area contributed by atoms with Crippen molar-refractivity contribution in [3.63, 3.8) is 0 Å². The van der Waals surface area contributed by atoms with Crippen LogP contribution in [0.3, 0.4) is 0 Å². The Morgan fingerprint density at radius 2 is 2.21 bits per heavy atom. The van der Waals surface area contributed by atoms with Crippen LogP contribution in [0.25, 0.3) is 10.9 Å². The van der Waals surface area contributed by atoms with Crippen LogP contribution in [0.5, 0.6) is 0 Å². The number of esters is 1. The number of carbonyl (C=O) groups is 2. The van der Waals surface area contributed by atoms with E-state index < -0.39 is 5.97 Å². The minimum Gasteiger partial charge on any atom is -0.452 e. The zero-order chi connectivity index (χ0) is 13.8. The number of aromatic amines is 1. The normalized spacial score (nSPS) is 10.7. The highest BCUT2D eigenvalue weighted by Crippen LogP contribution is 2.16. The maximum Gasteiger partial charge on any atom is 0.340 e. The van der Waals surface area contributed by atoms with Gasteiger partial charge in [-0.25, -0.2) is 4.79 Å². The van der Waals surface area contributed by atoms with Crippen LogP contribution in [0.15, 0.2) is 24.4 Å². The molecule has 2 aromatic rings. The standard InChI is InChI=1S/C13H15N3O3/c1-8(2)15-11(17)7-19-13(18)10-5-3-4-9-6-14-16-12(9)10/h3-6,8H,7H2,1-2H3,(H,14,16)(H,15,17). The van der Waals surface area contributed by atoms with Gasteiger partial charge in [0, 0.05) is 11.4 Å². The molecule has 6 heteroatoms. The molecule has 0 radical (unpaired) electrons. The average molecular weight is 261 g/mol. The smallest absolute Gasteiger partial charge is 0.340 e. The van der Waals surface area contributed by atoms with E-state index in [1.54, 1.807) is 18.3 Å². The maximum atomic E-state index is 11.9. The lowest BCUT2D eigenvalue weighted by atomic mass is 10.1. The Morgan fingerprint density at radius 3 is 2.95 bits per heavy atom. The van der Waals surface area contributed by atoms with Crippen LogP contribution >= 0.6 is 0 Å². The van der Waals surface area contributed by atoms with Crippen LogP contribution < -0.4 is 5.32 Å². The molecule has 1 aromatic heterocycles. The zero-order valence-electron chi connectivity index (χ0n) is 10.8. The highest BCUT2D eigenvalue weighted by Gasteiger charge is 2.14. The summed E-state index contributed by atoms with van der Waals surface area (Å²) >= 11 is 0. The van der Waals surface area contributed by atoms with Gasteiger partial charge in [-0.2, -0.15) is 5.10 Å². The molecule has 100 valence electrons. The minimum absolute atomic E-state index is 0.0160. The van der Waals surface area contributed by atoms with Crippen molar-refractivity contribution in [3.8, 4) is 0 Å². The van der Waals surface area contributed by atoms with Gasteiger partial charge in [0.05, 0.1) is 17.3 Å². The molecule has 1 heterocycles. The van der Waals surface area contributed by atoms with E-state index in [0.717, 1.165) is 5.39 Å². The number of amides is 1. The highest BCUT2D eigenvalue weighted by atomic mass is 16.5. The van der Waals surface area contributed by atoms with Crippen LogP contribution in [0.2, 0.25) is 0 Å². The first-order chi connectivity index (χ1) is 9.08. The van der Waals surface area contributed by atoms with Gasteiger partial charge in [0.2, 0.25) is 0 Å². The van der Waals surface area contributed by atoms with Crippen LogP contribution in [0.1, 0.15) is 24.2 Å². The van der Waals surface area contributed by atoms with Gasteiger partial charge in [-0.15, -0.1) is 0 Å². The van der Waals surface area contributed by atoms with Crippen molar-refractivity contribution in [2.45, 2.75) is 19.9 Å². The number of fused-ring (bicyclic) bond motifs is 1. The molecular formula is C13H15N3O3. The fourth-order valence-electron chi connectivity index (χ4n) is 1.71. The lowest BCUT2D eigenvalue weighted by molar-refractivity contribution is -0.124. The third-order valence-corrected chi connectivity index (χ3v) is 2.48. The van der Waals surface area contributed by atoms with Gasteiger partial charge >= 0.3 is 5.97 Å². The van der Waals surface area contributed by atoms with Gasteiger partial charge in [0.1, 0.15) is 0 Å². The van der Waals surface area contributed by atoms with Crippen LogP contribution in [0, 0.1) is 0 Å². The largest absolute Gasteiger partial charge is 0.452 e. The molecule has 0 spiro atoms. The first kappa shape index (κ1) is 13.1. The number of rotatable bonds is 4. The summed E-state index contributed by atoms with van der Waals surface area (Å²) in [5.74, 6) is -0.867. The first-order valence-corrected chi connectivity index (χ1v) is 5.96. The Kier molecular flexibility index (Phi) is 3.79. The monoisotopic (exact) mass is 261 g/mol. The van der Waals surface area contributed by atoms with E-state index in [1.807, 2.05) is 19.9 Å². The topological polar surface area (TPSA) is 84.1 Å². The Bertz CT molecular complexity index is 604. The summed E-state index contributed by atoms with van der Waals surface area (Å²) < 4.78 is 4.97. The van der Waals surface area contributed by atoms with E-state index in [-0.39, 0.29) is 18.6 Å². The van der Waals surface area contributed by atoms with Gasteiger partial charge in [0.15, 0.2) is 6.61 Å². The molecular weight excluding hydrogens is 246 g/mol. The molecule has 1 amide bonds. The first-order valence-electron chi connectivity index (χ1n) is 5.96. The molecule has 0 atom stereocenters. The number of ether oxygens (including phenoxy) is 1.